The van der Waals surface area contributed by atoms with Gasteiger partial charge in [-0.3, -0.25) is 9.59 Å². The molecule has 0 saturated heterocycles. The first-order chi connectivity index (χ1) is 12.7. The lowest BCUT2D eigenvalue weighted by molar-refractivity contribution is -0.178. The van der Waals surface area contributed by atoms with Crippen molar-refractivity contribution in [3.05, 3.63) is 23.3 Å². The molecule has 5 aliphatic rings. The van der Waals surface area contributed by atoms with E-state index in [0.29, 0.717) is 18.8 Å². The summed E-state index contributed by atoms with van der Waals surface area (Å²) in [5, 5.41) is 31.9. The van der Waals surface area contributed by atoms with E-state index in [9.17, 15) is 24.9 Å². The Balaban J connectivity index is 1.60. The predicted molar refractivity (Wildman–Crippen MR) is 97.5 cm³/mol. The first-order valence-corrected chi connectivity index (χ1v) is 10.2. The smallest absolute Gasteiger partial charge is 0.190 e. The van der Waals surface area contributed by atoms with Crippen LogP contribution in [0.2, 0.25) is 0 Å². The first-order valence-electron chi connectivity index (χ1n) is 10.2. The second kappa shape index (κ2) is 5.19. The highest BCUT2D eigenvalue weighted by Crippen LogP contribution is 2.72. The number of allylic oxidation sites excluding steroid dienone is 4. The van der Waals surface area contributed by atoms with Crippen LogP contribution in [0.1, 0.15) is 46.0 Å². The van der Waals surface area contributed by atoms with Gasteiger partial charge in [0.15, 0.2) is 11.6 Å². The minimum atomic E-state index is -1.56. The Kier molecular flexibility index (Phi) is 3.42. The van der Waals surface area contributed by atoms with Gasteiger partial charge in [0, 0.05) is 16.7 Å². The molecule has 0 spiro atoms. The SMILES string of the molecule is C[C@]12C3=CC(=O)C=C1C(C3)C[C@@H]1[C@@H]2[C@@H](O)C[C@@]2(C)[C@H]1CC[C@]2(O)C(=O)CO. The summed E-state index contributed by atoms with van der Waals surface area (Å²) in [5.41, 5.74) is -0.198. The lowest BCUT2D eigenvalue weighted by atomic mass is 9.46. The standard InChI is InChI=1S/C22H28O5/c1-20-9-17(25)19-14(15(20)3-4-22(20,27)18(26)10-23)6-11-5-12-7-13(24)8-16(11)21(12,19)2/h7-8,11,14-15,17,19,23,25,27H,3-6,9-10H2,1-2H3/t11?,14-,15-,17-,19+,20-,21-,22-/m0/s1. The van der Waals surface area contributed by atoms with Crippen molar-refractivity contribution in [3.63, 3.8) is 0 Å². The molecule has 0 aromatic heterocycles. The van der Waals surface area contributed by atoms with Gasteiger partial charge in [-0.05, 0) is 62.0 Å². The number of Topliss-reactive ketones (excluding diaryl/α,β-unsaturated/α-hetero) is 1. The van der Waals surface area contributed by atoms with Crippen LogP contribution in [0.5, 0.6) is 0 Å². The van der Waals surface area contributed by atoms with Crippen molar-refractivity contribution in [2.45, 2.75) is 57.7 Å². The zero-order valence-electron chi connectivity index (χ0n) is 15.9. The molecule has 4 saturated carbocycles. The van der Waals surface area contributed by atoms with Gasteiger partial charge < -0.3 is 15.3 Å². The highest BCUT2D eigenvalue weighted by molar-refractivity contribution is 6.02. The summed E-state index contributed by atoms with van der Waals surface area (Å²) < 4.78 is 0. The molecule has 146 valence electrons. The first kappa shape index (κ1) is 17.8. The van der Waals surface area contributed by atoms with Crippen molar-refractivity contribution in [1.82, 2.24) is 0 Å². The number of hydrogen-bond acceptors (Lipinski definition) is 5. The summed E-state index contributed by atoms with van der Waals surface area (Å²) >= 11 is 0. The summed E-state index contributed by atoms with van der Waals surface area (Å²) in [5.74, 6) is 0.250. The van der Waals surface area contributed by atoms with Crippen molar-refractivity contribution in [2.24, 2.45) is 34.5 Å². The Morgan fingerprint density at radius 3 is 2.74 bits per heavy atom. The van der Waals surface area contributed by atoms with E-state index in [1.807, 2.05) is 6.92 Å². The monoisotopic (exact) mass is 372 g/mol. The predicted octanol–water partition coefficient (Wildman–Crippen LogP) is 1.56. The van der Waals surface area contributed by atoms with Crippen molar-refractivity contribution >= 4 is 11.6 Å². The average molecular weight is 372 g/mol. The highest BCUT2D eigenvalue weighted by Gasteiger charge is 2.70. The van der Waals surface area contributed by atoms with Gasteiger partial charge in [-0.25, -0.2) is 0 Å². The third-order valence-electron chi connectivity index (χ3n) is 9.22. The molecule has 3 N–H and O–H groups in total. The molecule has 0 amide bonds. The molecule has 8 atom stereocenters. The topological polar surface area (TPSA) is 94.8 Å². The van der Waals surface area contributed by atoms with Crippen LogP contribution in [0, 0.1) is 34.5 Å². The maximum Gasteiger partial charge on any atom is 0.190 e. The largest absolute Gasteiger partial charge is 0.393 e. The molecule has 1 unspecified atom stereocenters. The van der Waals surface area contributed by atoms with E-state index in [-0.39, 0.29) is 29.0 Å². The number of rotatable bonds is 2. The van der Waals surface area contributed by atoms with Gasteiger partial charge in [0.05, 0.1) is 6.10 Å². The molecule has 5 nitrogen and oxygen atoms in total. The third-order valence-corrected chi connectivity index (χ3v) is 9.22. The van der Waals surface area contributed by atoms with Crippen LogP contribution < -0.4 is 0 Å². The second-order valence-electron chi connectivity index (χ2n) is 9.98. The molecular weight excluding hydrogens is 344 g/mol. The van der Waals surface area contributed by atoms with Gasteiger partial charge in [0.1, 0.15) is 12.2 Å². The van der Waals surface area contributed by atoms with Crippen LogP contribution >= 0.6 is 0 Å². The third kappa shape index (κ3) is 1.86. The molecule has 0 aromatic rings. The van der Waals surface area contributed by atoms with E-state index in [0.717, 1.165) is 24.8 Å². The molecule has 0 heterocycles. The molecule has 5 heteroatoms. The Morgan fingerprint density at radius 1 is 1.30 bits per heavy atom. The minimum Gasteiger partial charge on any atom is -0.393 e. The van der Waals surface area contributed by atoms with Crippen LogP contribution in [0.4, 0.5) is 0 Å². The Hall–Kier alpha value is -1.30. The number of ketones is 2. The molecule has 27 heavy (non-hydrogen) atoms. The van der Waals surface area contributed by atoms with Gasteiger partial charge in [0.25, 0.3) is 0 Å². The molecular formula is C22H28O5. The van der Waals surface area contributed by atoms with Gasteiger partial charge in [0.2, 0.25) is 0 Å². The minimum absolute atomic E-state index is 0.0199. The lowest BCUT2D eigenvalue weighted by Gasteiger charge is -2.59. The van der Waals surface area contributed by atoms with Crippen molar-refractivity contribution in [2.75, 3.05) is 6.61 Å². The quantitative estimate of drug-likeness (QED) is 0.684. The van der Waals surface area contributed by atoms with Crippen molar-refractivity contribution in [1.29, 1.82) is 0 Å². The zero-order valence-corrected chi connectivity index (χ0v) is 15.9. The fraction of sp³-hybridized carbons (Fsp3) is 0.727. The number of carbonyl (C=O) groups is 2. The normalized spacial score (nSPS) is 52.8. The van der Waals surface area contributed by atoms with Crippen LogP contribution in [0.15, 0.2) is 23.3 Å². The van der Waals surface area contributed by atoms with E-state index in [1.54, 1.807) is 12.2 Å². The maximum absolute atomic E-state index is 12.4. The summed E-state index contributed by atoms with van der Waals surface area (Å²) in [6, 6.07) is 0. The molecule has 0 aromatic carbocycles. The lowest BCUT2D eigenvalue weighted by Crippen LogP contribution is -2.61. The van der Waals surface area contributed by atoms with E-state index in [4.69, 9.17) is 0 Å². The van der Waals surface area contributed by atoms with Crippen LogP contribution in [-0.2, 0) is 9.59 Å². The van der Waals surface area contributed by atoms with E-state index in [2.05, 4.69) is 6.92 Å². The highest BCUT2D eigenvalue weighted by atomic mass is 16.3. The number of carbonyl (C=O) groups excluding carboxylic acids is 2. The van der Waals surface area contributed by atoms with Crippen molar-refractivity contribution < 1.29 is 24.9 Å². The molecule has 0 radical (unpaired) electrons. The van der Waals surface area contributed by atoms with Crippen LogP contribution in [-0.4, -0.2) is 45.2 Å². The molecule has 0 aliphatic heterocycles. The second-order valence-corrected chi connectivity index (χ2v) is 9.98. The summed E-state index contributed by atoms with van der Waals surface area (Å²) in [6.45, 7) is 3.45. The number of hydrogen-bond donors (Lipinski definition) is 3. The van der Waals surface area contributed by atoms with Gasteiger partial charge in [-0.1, -0.05) is 25.0 Å². The van der Waals surface area contributed by atoms with Gasteiger partial charge in [-0.15, -0.1) is 0 Å². The average Bonchev–Trinajstić information content (AvgIpc) is 2.86. The van der Waals surface area contributed by atoms with Gasteiger partial charge in [-0.2, -0.15) is 0 Å². The Morgan fingerprint density at radius 2 is 2.04 bits per heavy atom. The number of aliphatic hydroxyl groups excluding tert-OH is 2. The zero-order chi connectivity index (χ0) is 19.4. The van der Waals surface area contributed by atoms with Crippen molar-refractivity contribution in [3.8, 4) is 0 Å². The Labute approximate surface area is 159 Å². The van der Waals surface area contributed by atoms with E-state index in [1.165, 1.54) is 5.57 Å². The summed E-state index contributed by atoms with van der Waals surface area (Å²) in [4.78, 5) is 24.5. The summed E-state index contributed by atoms with van der Waals surface area (Å²) in [6.07, 6.45) is 6.16. The molecule has 5 rings (SSSR count). The van der Waals surface area contributed by atoms with E-state index < -0.39 is 29.5 Å². The maximum atomic E-state index is 12.4. The Bertz CT molecular complexity index is 812. The molecule has 5 aliphatic carbocycles. The van der Waals surface area contributed by atoms with Gasteiger partial charge >= 0.3 is 0 Å². The van der Waals surface area contributed by atoms with Crippen LogP contribution in [0.25, 0.3) is 0 Å². The van der Waals surface area contributed by atoms with E-state index >= 15 is 0 Å². The molecule has 4 fully saturated rings. The fourth-order valence-electron chi connectivity index (χ4n) is 8.08. The summed E-state index contributed by atoms with van der Waals surface area (Å²) in [7, 11) is 0. The fourth-order valence-corrected chi connectivity index (χ4v) is 8.08. The number of fused-ring (bicyclic) bond motifs is 3. The molecule has 4 bridgehead atoms. The number of aliphatic hydroxyl groups is 3. The van der Waals surface area contributed by atoms with Crippen LogP contribution in [0.3, 0.4) is 0 Å².